The minimum atomic E-state index is -3.43. The molecule has 0 radical (unpaired) electrons. The van der Waals surface area contributed by atoms with Crippen molar-refractivity contribution >= 4 is 9.84 Å². The topological polar surface area (TPSA) is 63.6 Å². The van der Waals surface area contributed by atoms with Gasteiger partial charge in [0.25, 0.3) is 0 Å². The van der Waals surface area contributed by atoms with E-state index in [9.17, 15) is 13.5 Å². The predicted molar refractivity (Wildman–Crippen MR) is 101 cm³/mol. The van der Waals surface area contributed by atoms with E-state index < -0.39 is 9.84 Å². The first-order chi connectivity index (χ1) is 12.1. The number of sulfone groups is 1. The molecule has 2 fully saturated rings. The van der Waals surface area contributed by atoms with Crippen molar-refractivity contribution < 1.29 is 18.3 Å². The second-order valence-electron chi connectivity index (χ2n) is 9.53. The van der Waals surface area contributed by atoms with Gasteiger partial charge >= 0.3 is 0 Å². The Bertz CT molecular complexity index is 842. The summed E-state index contributed by atoms with van der Waals surface area (Å²) in [7, 11) is -1.88. The Morgan fingerprint density at radius 2 is 1.88 bits per heavy atom. The van der Waals surface area contributed by atoms with Gasteiger partial charge in [-0.2, -0.15) is 0 Å². The molecule has 0 aromatic heterocycles. The Kier molecular flexibility index (Phi) is 3.93. The molecule has 1 N–H and O–H groups in total. The molecule has 4 rings (SSSR count). The molecule has 4 nitrogen and oxygen atoms in total. The van der Waals surface area contributed by atoms with Crippen LogP contribution in [0.1, 0.15) is 64.4 Å². The van der Waals surface area contributed by atoms with E-state index in [2.05, 4.69) is 20.8 Å². The first kappa shape index (κ1) is 18.1. The average Bonchev–Trinajstić information content (AvgIpc) is 2.54. The Hall–Kier alpha value is -1.23. The average molecular weight is 379 g/mol. The van der Waals surface area contributed by atoms with Crippen molar-refractivity contribution in [3.63, 3.8) is 0 Å². The zero-order chi connectivity index (χ0) is 18.9. The SMILES string of the molecule is COc1cc(O)cc2c1[C@@H]1CC[C@H]3C(C)(C)CCC[C@]3(C)[C@H]1CS2(=O)=O. The number of rotatable bonds is 1. The quantitative estimate of drug-likeness (QED) is 0.781. The van der Waals surface area contributed by atoms with E-state index in [1.54, 1.807) is 13.2 Å². The number of fused-ring (bicyclic) bond motifs is 5. The molecule has 5 heteroatoms. The number of ether oxygens (including phenoxy) is 1. The molecule has 4 atom stereocenters. The van der Waals surface area contributed by atoms with Gasteiger partial charge in [0.05, 0.1) is 17.8 Å². The van der Waals surface area contributed by atoms with Crippen LogP contribution in [-0.2, 0) is 9.84 Å². The van der Waals surface area contributed by atoms with Crippen LogP contribution < -0.4 is 4.74 Å². The summed E-state index contributed by atoms with van der Waals surface area (Å²) in [5.41, 5.74) is 1.11. The monoisotopic (exact) mass is 378 g/mol. The Balaban J connectivity index is 1.89. The lowest BCUT2D eigenvalue weighted by molar-refractivity contribution is -0.0760. The fourth-order valence-electron chi connectivity index (χ4n) is 6.69. The van der Waals surface area contributed by atoms with Gasteiger partial charge in [-0.05, 0) is 60.3 Å². The molecular formula is C21H30O4S. The number of benzene rings is 1. The molecule has 2 aliphatic carbocycles. The zero-order valence-corrected chi connectivity index (χ0v) is 17.0. The van der Waals surface area contributed by atoms with Crippen LogP contribution in [0.3, 0.4) is 0 Å². The second-order valence-corrected chi connectivity index (χ2v) is 11.5. The van der Waals surface area contributed by atoms with E-state index in [1.807, 2.05) is 0 Å². The summed E-state index contributed by atoms with van der Waals surface area (Å²) in [4.78, 5) is 0.285. The Morgan fingerprint density at radius 3 is 2.58 bits per heavy atom. The maximum atomic E-state index is 13.2. The molecular weight excluding hydrogens is 348 g/mol. The molecule has 0 unspecified atom stereocenters. The fourth-order valence-corrected chi connectivity index (χ4v) is 8.85. The number of hydrogen-bond acceptors (Lipinski definition) is 4. The summed E-state index contributed by atoms with van der Waals surface area (Å²) in [6, 6.07) is 2.98. The number of phenolic OH excluding ortho intramolecular Hbond substituents is 1. The van der Waals surface area contributed by atoms with Crippen molar-refractivity contribution in [1.82, 2.24) is 0 Å². The summed E-state index contributed by atoms with van der Waals surface area (Å²) in [5.74, 6) is 1.55. The number of aromatic hydroxyl groups is 1. The van der Waals surface area contributed by atoms with E-state index in [0.717, 1.165) is 24.8 Å². The summed E-state index contributed by atoms with van der Waals surface area (Å²) >= 11 is 0. The first-order valence-corrected chi connectivity index (χ1v) is 11.4. The van der Waals surface area contributed by atoms with Crippen molar-refractivity contribution in [2.24, 2.45) is 22.7 Å². The van der Waals surface area contributed by atoms with Crippen LogP contribution in [0.25, 0.3) is 0 Å². The summed E-state index contributed by atoms with van der Waals surface area (Å²) in [5, 5.41) is 9.99. The molecule has 144 valence electrons. The van der Waals surface area contributed by atoms with Gasteiger partial charge in [-0.1, -0.05) is 27.2 Å². The maximum Gasteiger partial charge on any atom is 0.179 e. The molecule has 0 bridgehead atoms. The van der Waals surface area contributed by atoms with Crippen LogP contribution >= 0.6 is 0 Å². The van der Waals surface area contributed by atoms with E-state index in [0.29, 0.717) is 11.7 Å². The molecule has 0 saturated heterocycles. The highest BCUT2D eigenvalue weighted by Crippen LogP contribution is 2.65. The van der Waals surface area contributed by atoms with Crippen LogP contribution in [0.4, 0.5) is 0 Å². The molecule has 0 spiro atoms. The second kappa shape index (κ2) is 5.63. The minimum Gasteiger partial charge on any atom is -0.508 e. The lowest BCUT2D eigenvalue weighted by Crippen LogP contribution is -2.54. The molecule has 0 amide bonds. The molecule has 3 aliphatic rings. The van der Waals surface area contributed by atoms with Gasteiger partial charge in [-0.3, -0.25) is 0 Å². The third-order valence-corrected chi connectivity index (χ3v) is 9.59. The van der Waals surface area contributed by atoms with E-state index in [-0.39, 0.29) is 39.1 Å². The summed E-state index contributed by atoms with van der Waals surface area (Å²) in [6.45, 7) is 7.06. The van der Waals surface area contributed by atoms with Gasteiger partial charge in [0, 0.05) is 11.6 Å². The maximum absolute atomic E-state index is 13.2. The van der Waals surface area contributed by atoms with Gasteiger partial charge in [-0.25, -0.2) is 8.42 Å². The smallest absolute Gasteiger partial charge is 0.179 e. The molecule has 1 aromatic rings. The number of phenols is 1. The zero-order valence-electron chi connectivity index (χ0n) is 16.2. The third-order valence-electron chi connectivity index (χ3n) is 7.79. The van der Waals surface area contributed by atoms with Crippen molar-refractivity contribution in [2.75, 3.05) is 12.9 Å². The van der Waals surface area contributed by atoms with Gasteiger partial charge < -0.3 is 9.84 Å². The van der Waals surface area contributed by atoms with Gasteiger partial charge in [0.1, 0.15) is 11.5 Å². The Morgan fingerprint density at radius 1 is 1.15 bits per heavy atom. The van der Waals surface area contributed by atoms with Crippen molar-refractivity contribution in [3.05, 3.63) is 17.7 Å². The van der Waals surface area contributed by atoms with Crippen molar-refractivity contribution in [2.45, 2.75) is 63.7 Å². The normalized spacial score (nSPS) is 37.2. The lowest BCUT2D eigenvalue weighted by Gasteiger charge is -2.60. The number of hydrogen-bond donors (Lipinski definition) is 1. The molecule has 26 heavy (non-hydrogen) atoms. The van der Waals surface area contributed by atoms with Gasteiger partial charge in [-0.15, -0.1) is 0 Å². The molecule has 1 aliphatic heterocycles. The van der Waals surface area contributed by atoms with E-state index >= 15 is 0 Å². The summed E-state index contributed by atoms with van der Waals surface area (Å²) < 4.78 is 31.8. The fraction of sp³-hybridized carbons (Fsp3) is 0.714. The van der Waals surface area contributed by atoms with Crippen LogP contribution in [0.5, 0.6) is 11.5 Å². The first-order valence-electron chi connectivity index (χ1n) is 9.74. The summed E-state index contributed by atoms with van der Waals surface area (Å²) in [6.07, 6.45) is 5.63. The highest BCUT2D eigenvalue weighted by molar-refractivity contribution is 7.91. The number of methoxy groups -OCH3 is 1. The largest absolute Gasteiger partial charge is 0.508 e. The van der Waals surface area contributed by atoms with Crippen LogP contribution in [0.15, 0.2) is 17.0 Å². The molecule has 1 aromatic carbocycles. The van der Waals surface area contributed by atoms with E-state index in [4.69, 9.17) is 4.74 Å². The van der Waals surface area contributed by atoms with Crippen molar-refractivity contribution in [3.8, 4) is 11.5 Å². The molecule has 1 heterocycles. The lowest BCUT2D eigenvalue weighted by atomic mass is 9.46. The van der Waals surface area contributed by atoms with Gasteiger partial charge in [0.15, 0.2) is 9.84 Å². The Labute approximate surface area is 156 Å². The predicted octanol–water partition coefficient (Wildman–Crippen LogP) is 4.51. The standard InChI is InChI=1S/C21H30O4S/c1-20(2)8-5-9-21(3)15-12-26(23,24)17-11-13(22)10-16(25-4)19(17)14(15)6-7-18(20)21/h10-11,14-15,18,22H,5-9,12H2,1-4H3/t14-,15+,18+,21-/m1/s1. The highest BCUT2D eigenvalue weighted by Gasteiger charge is 2.58. The van der Waals surface area contributed by atoms with Crippen LogP contribution in [0.2, 0.25) is 0 Å². The highest BCUT2D eigenvalue weighted by atomic mass is 32.2. The van der Waals surface area contributed by atoms with Crippen LogP contribution in [-0.4, -0.2) is 26.4 Å². The third kappa shape index (κ3) is 2.42. The van der Waals surface area contributed by atoms with Gasteiger partial charge in [0.2, 0.25) is 0 Å². The molecule has 2 saturated carbocycles. The van der Waals surface area contributed by atoms with Crippen LogP contribution in [0, 0.1) is 22.7 Å². The van der Waals surface area contributed by atoms with E-state index in [1.165, 1.54) is 18.9 Å². The minimum absolute atomic E-state index is 0.0400. The van der Waals surface area contributed by atoms with Crippen molar-refractivity contribution in [1.29, 1.82) is 0 Å².